The molecule has 0 radical (unpaired) electrons. The van der Waals surface area contributed by atoms with Crippen LogP contribution in [-0.2, 0) is 6.42 Å². The summed E-state index contributed by atoms with van der Waals surface area (Å²) in [5.74, 6) is 0.0313. The average Bonchev–Trinajstić information content (AvgIpc) is 2.49. The lowest BCUT2D eigenvalue weighted by molar-refractivity contribution is 0.0993. The normalized spacial score (nSPS) is 9.60. The van der Waals surface area contributed by atoms with E-state index in [4.69, 9.17) is 5.53 Å². The zero-order valence-electron chi connectivity index (χ0n) is 10.9. The molecule has 0 aliphatic carbocycles. The number of carbonyl (C=O) groups is 1. The Morgan fingerprint density at radius 1 is 1.15 bits per heavy atom. The van der Waals surface area contributed by atoms with Crippen molar-refractivity contribution in [3.63, 3.8) is 0 Å². The maximum Gasteiger partial charge on any atom is 0.167 e. The fourth-order valence-electron chi connectivity index (χ4n) is 1.82. The molecular formula is C16H13N3O. The molecule has 98 valence electrons. The molecule has 0 N–H and O–H groups in total. The fourth-order valence-corrected chi connectivity index (χ4v) is 1.82. The van der Waals surface area contributed by atoms with Crippen LogP contribution < -0.4 is 0 Å². The number of hydrogen-bond acceptors (Lipinski definition) is 2. The van der Waals surface area contributed by atoms with Gasteiger partial charge in [0.15, 0.2) is 5.78 Å². The van der Waals surface area contributed by atoms with E-state index in [9.17, 15) is 4.79 Å². The second kappa shape index (κ2) is 6.36. The summed E-state index contributed by atoms with van der Waals surface area (Å²) >= 11 is 0. The van der Waals surface area contributed by atoms with E-state index in [0.29, 0.717) is 17.7 Å². The predicted octanol–water partition coefficient (Wildman–Crippen LogP) is 4.70. The molecule has 2 aromatic carbocycles. The van der Waals surface area contributed by atoms with E-state index in [0.717, 1.165) is 11.1 Å². The number of ketones is 1. The van der Waals surface area contributed by atoms with Crippen LogP contribution >= 0.6 is 0 Å². The quantitative estimate of drug-likeness (QED) is 0.334. The first-order chi connectivity index (χ1) is 9.72. The van der Waals surface area contributed by atoms with E-state index < -0.39 is 0 Å². The van der Waals surface area contributed by atoms with Gasteiger partial charge in [0.05, 0.1) is 0 Å². The molecule has 20 heavy (non-hydrogen) atoms. The zero-order valence-corrected chi connectivity index (χ0v) is 10.9. The summed E-state index contributed by atoms with van der Waals surface area (Å²) in [6.07, 6.45) is 2.11. The molecule has 0 aliphatic heterocycles. The highest BCUT2D eigenvalue weighted by Crippen LogP contribution is 2.15. The first kappa shape index (κ1) is 13.6. The molecule has 0 amide bonds. The summed E-state index contributed by atoms with van der Waals surface area (Å²) < 4.78 is 0. The Kier molecular flexibility index (Phi) is 4.32. The van der Waals surface area contributed by atoms with Gasteiger partial charge in [0, 0.05) is 22.6 Å². The van der Waals surface area contributed by atoms with E-state index in [-0.39, 0.29) is 5.78 Å². The second-order valence-corrected chi connectivity index (χ2v) is 4.28. The lowest BCUT2D eigenvalue weighted by Gasteiger charge is -2.03. The third-order valence-corrected chi connectivity index (χ3v) is 2.93. The van der Waals surface area contributed by atoms with E-state index in [1.54, 1.807) is 30.3 Å². The minimum Gasteiger partial charge on any atom is -0.294 e. The van der Waals surface area contributed by atoms with E-state index in [1.807, 2.05) is 24.3 Å². The molecule has 0 aliphatic rings. The lowest BCUT2D eigenvalue weighted by atomic mass is 10.0. The zero-order chi connectivity index (χ0) is 14.4. The molecule has 0 heterocycles. The van der Waals surface area contributed by atoms with Crippen LogP contribution in [0.4, 0.5) is 5.69 Å². The number of carbonyl (C=O) groups excluding carboxylic acids is 1. The van der Waals surface area contributed by atoms with Crippen LogP contribution in [0.1, 0.15) is 21.5 Å². The van der Waals surface area contributed by atoms with Crippen molar-refractivity contribution in [2.75, 3.05) is 0 Å². The second-order valence-electron chi connectivity index (χ2n) is 4.28. The van der Waals surface area contributed by atoms with Gasteiger partial charge in [0.2, 0.25) is 0 Å². The molecule has 0 saturated heterocycles. The van der Waals surface area contributed by atoms with Gasteiger partial charge in [0.25, 0.3) is 0 Å². The summed E-state index contributed by atoms with van der Waals surface area (Å²) in [4.78, 5) is 14.8. The van der Waals surface area contributed by atoms with Crippen LogP contribution in [0.25, 0.3) is 16.5 Å². The molecule has 0 unspecified atom stereocenters. The standard InChI is InChI=1S/C16H13N3O/c1-2-12-3-5-13(6-4-12)11-16(20)14-7-9-15(10-8-14)18-19-17/h2-10H,1,11H2. The number of Topliss-reactive ketones (excluding diaryl/α,β-unsaturated/α-hetero) is 1. The molecule has 0 atom stereocenters. The Balaban J connectivity index is 2.10. The molecule has 2 rings (SSSR count). The molecule has 2 aromatic rings. The summed E-state index contributed by atoms with van der Waals surface area (Å²) in [6.45, 7) is 3.69. The predicted molar refractivity (Wildman–Crippen MR) is 79.8 cm³/mol. The van der Waals surface area contributed by atoms with Crippen LogP contribution in [0.3, 0.4) is 0 Å². The Morgan fingerprint density at radius 2 is 1.80 bits per heavy atom. The van der Waals surface area contributed by atoms with Crippen LogP contribution in [0.2, 0.25) is 0 Å². The summed E-state index contributed by atoms with van der Waals surface area (Å²) in [6, 6.07) is 14.3. The third kappa shape index (κ3) is 3.34. The monoisotopic (exact) mass is 263 g/mol. The summed E-state index contributed by atoms with van der Waals surface area (Å²) in [5.41, 5.74) is 11.4. The number of benzene rings is 2. The van der Waals surface area contributed by atoms with Gasteiger partial charge in [-0.15, -0.1) is 0 Å². The minimum absolute atomic E-state index is 0.0313. The van der Waals surface area contributed by atoms with Crippen molar-refractivity contribution in [2.45, 2.75) is 6.42 Å². The summed E-state index contributed by atoms with van der Waals surface area (Å²) in [5, 5.41) is 3.47. The molecule has 0 bridgehead atoms. The van der Waals surface area contributed by atoms with Crippen molar-refractivity contribution < 1.29 is 4.79 Å². The van der Waals surface area contributed by atoms with E-state index >= 15 is 0 Å². The van der Waals surface area contributed by atoms with Crippen LogP contribution in [0, 0.1) is 0 Å². The molecule has 4 nitrogen and oxygen atoms in total. The topological polar surface area (TPSA) is 65.8 Å². The highest BCUT2D eigenvalue weighted by molar-refractivity contribution is 5.97. The Hall–Kier alpha value is -2.84. The largest absolute Gasteiger partial charge is 0.294 e. The number of rotatable bonds is 5. The van der Waals surface area contributed by atoms with Crippen molar-refractivity contribution in [1.82, 2.24) is 0 Å². The average molecular weight is 263 g/mol. The van der Waals surface area contributed by atoms with E-state index in [1.165, 1.54) is 0 Å². The molecule has 0 aromatic heterocycles. The molecule has 0 fully saturated rings. The van der Waals surface area contributed by atoms with Crippen LogP contribution in [-0.4, -0.2) is 5.78 Å². The Morgan fingerprint density at radius 3 is 2.35 bits per heavy atom. The van der Waals surface area contributed by atoms with Gasteiger partial charge in [-0.25, -0.2) is 0 Å². The van der Waals surface area contributed by atoms with Gasteiger partial charge >= 0.3 is 0 Å². The first-order valence-electron chi connectivity index (χ1n) is 6.12. The van der Waals surface area contributed by atoms with Crippen molar-refractivity contribution in [3.8, 4) is 0 Å². The lowest BCUT2D eigenvalue weighted by Crippen LogP contribution is -2.03. The van der Waals surface area contributed by atoms with Crippen LogP contribution in [0.15, 0.2) is 60.2 Å². The molecule has 4 heteroatoms. The smallest absolute Gasteiger partial charge is 0.167 e. The summed E-state index contributed by atoms with van der Waals surface area (Å²) in [7, 11) is 0. The van der Waals surface area contributed by atoms with Gasteiger partial charge in [-0.05, 0) is 16.7 Å². The third-order valence-electron chi connectivity index (χ3n) is 2.93. The highest BCUT2D eigenvalue weighted by Gasteiger charge is 2.06. The van der Waals surface area contributed by atoms with Gasteiger partial charge < -0.3 is 0 Å². The fraction of sp³-hybridized carbons (Fsp3) is 0.0625. The maximum atomic E-state index is 12.1. The highest BCUT2D eigenvalue weighted by atomic mass is 16.1. The molecular weight excluding hydrogens is 250 g/mol. The van der Waals surface area contributed by atoms with Gasteiger partial charge in [-0.2, -0.15) is 0 Å². The Bertz CT molecular complexity index is 666. The van der Waals surface area contributed by atoms with Gasteiger partial charge in [0.1, 0.15) is 0 Å². The SMILES string of the molecule is C=Cc1ccc(CC(=O)c2ccc(N=[N+]=[N-])cc2)cc1. The van der Waals surface area contributed by atoms with Crippen molar-refractivity contribution in [3.05, 3.63) is 82.2 Å². The molecule has 0 saturated carbocycles. The maximum absolute atomic E-state index is 12.1. The van der Waals surface area contributed by atoms with Crippen molar-refractivity contribution in [2.24, 2.45) is 5.11 Å². The van der Waals surface area contributed by atoms with Crippen molar-refractivity contribution >= 4 is 17.5 Å². The first-order valence-corrected chi connectivity index (χ1v) is 6.12. The number of azide groups is 1. The van der Waals surface area contributed by atoms with E-state index in [2.05, 4.69) is 16.6 Å². The van der Waals surface area contributed by atoms with Crippen LogP contribution in [0.5, 0.6) is 0 Å². The number of hydrogen-bond donors (Lipinski definition) is 0. The van der Waals surface area contributed by atoms with Crippen molar-refractivity contribution in [1.29, 1.82) is 0 Å². The number of nitrogens with zero attached hydrogens (tertiary/aromatic N) is 3. The molecule has 0 spiro atoms. The van der Waals surface area contributed by atoms with Gasteiger partial charge in [-0.1, -0.05) is 66.3 Å². The van der Waals surface area contributed by atoms with Gasteiger partial charge in [-0.3, -0.25) is 4.79 Å². The Labute approximate surface area is 117 Å². The minimum atomic E-state index is 0.0313.